The van der Waals surface area contributed by atoms with Crippen LogP contribution in [0.15, 0.2) is 36.5 Å². The van der Waals surface area contributed by atoms with E-state index >= 15 is 0 Å². The van der Waals surface area contributed by atoms with E-state index in [0.717, 1.165) is 30.0 Å². The number of nitrogens with zero attached hydrogens (tertiary/aromatic N) is 2. The van der Waals surface area contributed by atoms with Crippen LogP contribution < -0.4 is 9.64 Å². The number of ether oxygens (including phenoxy) is 1. The van der Waals surface area contributed by atoms with Crippen molar-refractivity contribution in [3.05, 3.63) is 52.7 Å². The summed E-state index contributed by atoms with van der Waals surface area (Å²) in [5, 5.41) is 0.649. The molecular weight excluding hydrogens is 320 g/mol. The Morgan fingerprint density at radius 2 is 2.00 bits per heavy atom. The van der Waals surface area contributed by atoms with Gasteiger partial charge in [-0.15, -0.1) is 0 Å². The number of halogens is 1. The van der Waals surface area contributed by atoms with Gasteiger partial charge in [0.15, 0.2) is 0 Å². The van der Waals surface area contributed by atoms with Gasteiger partial charge in [-0.25, -0.2) is 4.98 Å². The maximum absolute atomic E-state index is 6.23. The van der Waals surface area contributed by atoms with Crippen LogP contribution in [0.3, 0.4) is 0 Å². The number of hydrogen-bond acceptors (Lipinski definition) is 3. The summed E-state index contributed by atoms with van der Waals surface area (Å²) in [4.78, 5) is 6.84. The Bertz CT molecular complexity index is 660. The second-order valence-corrected chi connectivity index (χ2v) is 6.70. The number of hydrogen-bond donors (Lipinski definition) is 0. The molecule has 1 unspecified atom stereocenters. The molecule has 4 heteroatoms. The summed E-state index contributed by atoms with van der Waals surface area (Å²) in [7, 11) is 0. The Morgan fingerprint density at radius 1 is 1.21 bits per heavy atom. The highest BCUT2D eigenvalue weighted by Crippen LogP contribution is 2.26. The predicted octanol–water partition coefficient (Wildman–Crippen LogP) is 5.49. The van der Waals surface area contributed by atoms with Crippen LogP contribution in [0.1, 0.15) is 38.3 Å². The van der Waals surface area contributed by atoms with Crippen LogP contribution in [0.2, 0.25) is 5.02 Å². The summed E-state index contributed by atoms with van der Waals surface area (Å²) in [6, 6.07) is 9.93. The summed E-state index contributed by atoms with van der Waals surface area (Å²) < 4.78 is 5.87. The van der Waals surface area contributed by atoms with Crippen molar-refractivity contribution >= 4 is 17.4 Å². The van der Waals surface area contributed by atoms with Crippen molar-refractivity contribution < 1.29 is 4.74 Å². The molecule has 0 fully saturated rings. The molecule has 2 aromatic rings. The summed E-state index contributed by atoms with van der Waals surface area (Å²) in [5.74, 6) is 2.37. The first-order chi connectivity index (χ1) is 11.5. The van der Waals surface area contributed by atoms with Crippen LogP contribution in [0.4, 0.5) is 5.82 Å². The quantitative estimate of drug-likeness (QED) is 0.631. The van der Waals surface area contributed by atoms with E-state index in [1.165, 1.54) is 6.42 Å². The van der Waals surface area contributed by atoms with Crippen molar-refractivity contribution in [1.82, 2.24) is 4.98 Å². The van der Waals surface area contributed by atoms with Crippen LogP contribution in [0, 0.1) is 12.8 Å². The van der Waals surface area contributed by atoms with Gasteiger partial charge in [0.2, 0.25) is 0 Å². The summed E-state index contributed by atoms with van der Waals surface area (Å²) in [6.07, 6.45) is 3.02. The van der Waals surface area contributed by atoms with Crippen LogP contribution >= 0.6 is 11.6 Å². The second kappa shape index (κ2) is 8.93. The number of pyridine rings is 1. The standard InChI is InChI=1S/C20H27ClN2O/c1-5-15(3)13-23(6-2)20-12-17(9-10-22-20)14-24-19-8-7-16(4)11-18(19)21/h7-12,15H,5-6,13-14H2,1-4H3. The molecule has 0 radical (unpaired) electrons. The van der Waals surface area contributed by atoms with E-state index in [1.807, 2.05) is 37.4 Å². The fraction of sp³-hybridized carbons (Fsp3) is 0.450. The van der Waals surface area contributed by atoms with Crippen LogP contribution in [-0.4, -0.2) is 18.1 Å². The van der Waals surface area contributed by atoms with Crippen molar-refractivity contribution in [2.75, 3.05) is 18.0 Å². The van der Waals surface area contributed by atoms with E-state index in [0.29, 0.717) is 23.3 Å². The Balaban J connectivity index is 2.06. The van der Waals surface area contributed by atoms with Crippen molar-refractivity contribution in [2.45, 2.75) is 40.7 Å². The molecule has 2 rings (SSSR count). The number of aryl methyl sites for hydroxylation is 1. The number of aromatic nitrogens is 1. The zero-order valence-electron chi connectivity index (χ0n) is 15.1. The molecule has 0 saturated carbocycles. The van der Waals surface area contributed by atoms with Gasteiger partial charge in [0, 0.05) is 19.3 Å². The third-order valence-electron chi connectivity index (χ3n) is 4.23. The van der Waals surface area contributed by atoms with Crippen LogP contribution in [0.5, 0.6) is 5.75 Å². The van der Waals surface area contributed by atoms with Gasteiger partial charge in [-0.05, 0) is 55.2 Å². The van der Waals surface area contributed by atoms with E-state index in [2.05, 4.69) is 36.7 Å². The predicted molar refractivity (Wildman–Crippen MR) is 102 cm³/mol. The fourth-order valence-electron chi connectivity index (χ4n) is 2.50. The van der Waals surface area contributed by atoms with Gasteiger partial charge in [0.05, 0.1) is 5.02 Å². The van der Waals surface area contributed by atoms with Gasteiger partial charge in [0.25, 0.3) is 0 Å². The van der Waals surface area contributed by atoms with E-state index in [1.54, 1.807) is 0 Å². The summed E-state index contributed by atoms with van der Waals surface area (Å²) in [6.45, 7) is 11.1. The van der Waals surface area contributed by atoms with E-state index in [4.69, 9.17) is 16.3 Å². The monoisotopic (exact) mass is 346 g/mol. The van der Waals surface area contributed by atoms with Crippen molar-refractivity contribution in [3.63, 3.8) is 0 Å². The minimum absolute atomic E-state index is 0.485. The van der Waals surface area contributed by atoms with Gasteiger partial charge in [-0.3, -0.25) is 0 Å². The summed E-state index contributed by atoms with van der Waals surface area (Å²) in [5.41, 5.74) is 2.22. The molecule has 3 nitrogen and oxygen atoms in total. The van der Waals surface area contributed by atoms with E-state index < -0.39 is 0 Å². The average Bonchev–Trinajstić information content (AvgIpc) is 2.59. The molecule has 0 aliphatic carbocycles. The van der Waals surface area contributed by atoms with Crippen molar-refractivity contribution in [3.8, 4) is 5.75 Å². The molecule has 0 saturated heterocycles. The minimum Gasteiger partial charge on any atom is -0.487 e. The molecule has 0 bridgehead atoms. The van der Waals surface area contributed by atoms with E-state index in [-0.39, 0.29) is 0 Å². The Kier molecular flexibility index (Phi) is 6.92. The lowest BCUT2D eigenvalue weighted by Crippen LogP contribution is -2.28. The molecular formula is C20H27ClN2O. The molecule has 1 heterocycles. The molecule has 1 aromatic carbocycles. The fourth-order valence-corrected chi connectivity index (χ4v) is 2.79. The van der Waals surface area contributed by atoms with Crippen LogP contribution in [0.25, 0.3) is 0 Å². The third kappa shape index (κ3) is 5.13. The molecule has 0 N–H and O–H groups in total. The first kappa shape index (κ1) is 18.6. The first-order valence-corrected chi connectivity index (χ1v) is 9.00. The second-order valence-electron chi connectivity index (χ2n) is 6.30. The number of benzene rings is 1. The lowest BCUT2D eigenvalue weighted by molar-refractivity contribution is 0.306. The molecule has 0 spiro atoms. The van der Waals surface area contributed by atoms with Crippen LogP contribution in [-0.2, 0) is 6.61 Å². The number of rotatable bonds is 8. The lowest BCUT2D eigenvalue weighted by Gasteiger charge is -2.25. The Morgan fingerprint density at radius 3 is 2.67 bits per heavy atom. The zero-order valence-corrected chi connectivity index (χ0v) is 15.8. The number of anilines is 1. The Labute approximate surface area is 150 Å². The minimum atomic E-state index is 0.485. The molecule has 0 aliphatic heterocycles. The highest BCUT2D eigenvalue weighted by atomic mass is 35.5. The van der Waals surface area contributed by atoms with E-state index in [9.17, 15) is 0 Å². The SMILES string of the molecule is CCC(C)CN(CC)c1cc(COc2ccc(C)cc2Cl)ccn1. The van der Waals surface area contributed by atoms with Gasteiger partial charge in [-0.1, -0.05) is 37.9 Å². The lowest BCUT2D eigenvalue weighted by atomic mass is 10.1. The highest BCUT2D eigenvalue weighted by Gasteiger charge is 2.10. The first-order valence-electron chi connectivity index (χ1n) is 8.62. The van der Waals surface area contributed by atoms with Crippen molar-refractivity contribution in [2.24, 2.45) is 5.92 Å². The van der Waals surface area contributed by atoms with Gasteiger partial charge >= 0.3 is 0 Å². The topological polar surface area (TPSA) is 25.4 Å². The molecule has 0 aliphatic rings. The largest absolute Gasteiger partial charge is 0.487 e. The maximum atomic E-state index is 6.23. The molecule has 130 valence electrons. The van der Waals surface area contributed by atoms with Gasteiger partial charge in [-0.2, -0.15) is 0 Å². The molecule has 1 atom stereocenters. The zero-order chi connectivity index (χ0) is 17.5. The molecule has 1 aromatic heterocycles. The smallest absolute Gasteiger partial charge is 0.138 e. The normalized spacial score (nSPS) is 12.0. The molecule has 0 amide bonds. The highest BCUT2D eigenvalue weighted by molar-refractivity contribution is 6.32. The van der Waals surface area contributed by atoms with Gasteiger partial charge in [0.1, 0.15) is 18.2 Å². The summed E-state index contributed by atoms with van der Waals surface area (Å²) >= 11 is 6.23. The third-order valence-corrected chi connectivity index (χ3v) is 4.52. The maximum Gasteiger partial charge on any atom is 0.138 e. The van der Waals surface area contributed by atoms with Crippen molar-refractivity contribution in [1.29, 1.82) is 0 Å². The van der Waals surface area contributed by atoms with Gasteiger partial charge < -0.3 is 9.64 Å². The average molecular weight is 347 g/mol. The molecule has 24 heavy (non-hydrogen) atoms. The Hall–Kier alpha value is -1.74.